The van der Waals surface area contributed by atoms with E-state index in [1.165, 1.54) is 31.0 Å². The second-order valence-corrected chi connectivity index (χ2v) is 9.65. The van der Waals surface area contributed by atoms with Crippen LogP contribution < -0.4 is 10.1 Å². The number of carbonyl (C=O) groups is 1. The highest BCUT2D eigenvalue weighted by atomic mass is 32.1. The van der Waals surface area contributed by atoms with E-state index in [0.29, 0.717) is 42.1 Å². The van der Waals surface area contributed by atoms with Crippen molar-refractivity contribution in [2.24, 2.45) is 0 Å². The lowest BCUT2D eigenvalue weighted by Gasteiger charge is -2.28. The molecule has 0 bridgehead atoms. The van der Waals surface area contributed by atoms with Gasteiger partial charge in [-0.25, -0.2) is 14.2 Å². The molecule has 1 saturated heterocycles. The van der Waals surface area contributed by atoms with Crippen LogP contribution in [0.4, 0.5) is 14.9 Å². The van der Waals surface area contributed by atoms with Gasteiger partial charge in [-0.05, 0) is 73.6 Å². The van der Waals surface area contributed by atoms with E-state index in [4.69, 9.17) is 4.74 Å². The lowest BCUT2D eigenvalue weighted by molar-refractivity contribution is 0.0786. The van der Waals surface area contributed by atoms with Crippen molar-refractivity contribution in [1.82, 2.24) is 14.3 Å². The molecule has 9 heteroatoms. The number of carbonyl (C=O) groups excluding carboxylic acids is 1. The Bertz CT molecular complexity index is 1160. The van der Waals surface area contributed by atoms with Crippen molar-refractivity contribution in [3.63, 3.8) is 0 Å². The normalized spacial score (nSPS) is 18.4. The van der Waals surface area contributed by atoms with E-state index in [9.17, 15) is 14.3 Å². The number of likely N-dealkylation sites (tertiary alicyclic amines) is 1. The molecule has 1 aromatic heterocycles. The molecule has 7 nitrogen and oxygen atoms in total. The summed E-state index contributed by atoms with van der Waals surface area (Å²) in [4.78, 5) is 19.4. The van der Waals surface area contributed by atoms with E-state index in [2.05, 4.69) is 14.7 Å². The number of aromatic nitrogens is 2. The number of methoxy groups -OCH3 is 1. The van der Waals surface area contributed by atoms with Crippen molar-refractivity contribution in [1.29, 1.82) is 0 Å². The highest BCUT2D eigenvalue weighted by Gasteiger charge is 2.45. The zero-order valence-corrected chi connectivity index (χ0v) is 19.9. The first-order chi connectivity index (χ1) is 15.6. The Kier molecular flexibility index (Phi) is 6.11. The Hall–Kier alpha value is -3.04. The van der Waals surface area contributed by atoms with Crippen LogP contribution in [-0.2, 0) is 11.0 Å². The molecule has 0 saturated carbocycles. The van der Waals surface area contributed by atoms with Gasteiger partial charge in [0.05, 0.1) is 23.8 Å². The Balaban J connectivity index is 1.63. The maximum absolute atomic E-state index is 14.4. The van der Waals surface area contributed by atoms with E-state index < -0.39 is 11.0 Å². The van der Waals surface area contributed by atoms with Crippen LogP contribution in [0.25, 0.3) is 0 Å². The molecule has 4 rings (SSSR count). The van der Waals surface area contributed by atoms with Crippen LogP contribution in [0, 0.1) is 12.7 Å². The van der Waals surface area contributed by atoms with Gasteiger partial charge < -0.3 is 20.1 Å². The van der Waals surface area contributed by atoms with Gasteiger partial charge in [-0.1, -0.05) is 18.2 Å². The van der Waals surface area contributed by atoms with E-state index in [0.717, 1.165) is 10.6 Å². The minimum Gasteiger partial charge on any atom is -0.495 e. The highest BCUT2D eigenvalue weighted by molar-refractivity contribution is 7.05. The van der Waals surface area contributed by atoms with E-state index >= 15 is 0 Å². The number of anilines is 1. The van der Waals surface area contributed by atoms with Gasteiger partial charge in [-0.15, -0.1) is 0 Å². The molecule has 2 N–H and O–H groups in total. The topological polar surface area (TPSA) is 87.6 Å². The number of rotatable bonds is 5. The smallest absolute Gasteiger partial charge is 0.321 e. The monoisotopic (exact) mass is 470 g/mol. The van der Waals surface area contributed by atoms with Crippen molar-refractivity contribution in [3.8, 4) is 5.75 Å². The molecule has 1 aliphatic rings. The third-order valence-electron chi connectivity index (χ3n) is 6.20. The lowest BCUT2D eigenvalue weighted by Crippen LogP contribution is -2.37. The number of hydrogen-bond acceptors (Lipinski definition) is 6. The van der Waals surface area contributed by atoms with Crippen molar-refractivity contribution in [3.05, 3.63) is 70.2 Å². The summed E-state index contributed by atoms with van der Waals surface area (Å²) in [5.41, 5.74) is 0.764. The predicted octanol–water partition coefficient (Wildman–Crippen LogP) is 4.45. The number of nitrogens with one attached hydrogen (secondary N) is 1. The first-order valence-corrected chi connectivity index (χ1v) is 11.4. The first kappa shape index (κ1) is 23.1. The van der Waals surface area contributed by atoms with Crippen LogP contribution in [-0.4, -0.2) is 45.6 Å². The van der Waals surface area contributed by atoms with Gasteiger partial charge in [0, 0.05) is 13.1 Å². The standard InChI is InChI=1S/C24H27FN4O3S/c1-15-5-6-17(11-18(15)25)24(21-26-14-27-33-21)9-10-29(13-24)22(30)28-19-12-16(23(2,3)31)7-8-20(19)32-4/h5-8,11-12,14,31H,9-10,13H2,1-4H3,(H,28,30). The van der Waals surface area contributed by atoms with Crippen LogP contribution in [0.3, 0.4) is 0 Å². The summed E-state index contributed by atoms with van der Waals surface area (Å²) in [7, 11) is 1.52. The summed E-state index contributed by atoms with van der Waals surface area (Å²) in [6.45, 7) is 5.88. The summed E-state index contributed by atoms with van der Waals surface area (Å²) < 4.78 is 24.0. The number of ether oxygens (including phenoxy) is 1. The largest absolute Gasteiger partial charge is 0.495 e. The predicted molar refractivity (Wildman–Crippen MR) is 125 cm³/mol. The molecule has 1 fully saturated rings. The van der Waals surface area contributed by atoms with Crippen LogP contribution in [0.1, 0.15) is 42.0 Å². The zero-order valence-electron chi connectivity index (χ0n) is 19.1. The van der Waals surface area contributed by atoms with Gasteiger partial charge in [-0.2, -0.15) is 4.37 Å². The SMILES string of the molecule is COc1ccc(C(C)(C)O)cc1NC(=O)N1CCC(c2ccc(C)c(F)c2)(c2ncns2)C1. The Morgan fingerprint density at radius 2 is 2.09 bits per heavy atom. The molecule has 1 aliphatic heterocycles. The van der Waals surface area contributed by atoms with Crippen molar-refractivity contribution >= 4 is 23.3 Å². The van der Waals surface area contributed by atoms with Crippen LogP contribution >= 0.6 is 11.5 Å². The van der Waals surface area contributed by atoms with Crippen molar-refractivity contribution in [2.75, 3.05) is 25.5 Å². The molecule has 2 heterocycles. The van der Waals surface area contributed by atoms with Gasteiger partial charge in [0.25, 0.3) is 0 Å². The third-order valence-corrected chi connectivity index (χ3v) is 7.07. The Labute approximate surface area is 196 Å². The molecule has 2 amide bonds. The number of urea groups is 1. The quantitative estimate of drug-likeness (QED) is 0.575. The fourth-order valence-corrected chi connectivity index (χ4v) is 4.92. The number of amides is 2. The number of aliphatic hydroxyl groups is 1. The summed E-state index contributed by atoms with van der Waals surface area (Å²) in [6.07, 6.45) is 2.08. The molecular formula is C24H27FN4O3S. The minimum absolute atomic E-state index is 0.285. The van der Waals surface area contributed by atoms with Crippen molar-refractivity contribution < 1.29 is 19.0 Å². The lowest BCUT2D eigenvalue weighted by atomic mass is 9.80. The summed E-state index contributed by atoms with van der Waals surface area (Å²) in [6, 6.07) is 10.1. The molecule has 1 unspecified atom stereocenters. The number of nitrogens with zero attached hydrogens (tertiary/aromatic N) is 3. The van der Waals surface area contributed by atoms with Gasteiger partial charge in [0.15, 0.2) is 0 Å². The Morgan fingerprint density at radius 1 is 1.30 bits per heavy atom. The van der Waals surface area contributed by atoms with Crippen LogP contribution in [0.15, 0.2) is 42.7 Å². The number of halogens is 1. The third kappa shape index (κ3) is 4.43. The second kappa shape index (κ2) is 8.72. The van der Waals surface area contributed by atoms with Gasteiger partial charge in [-0.3, -0.25) is 0 Å². The van der Waals surface area contributed by atoms with E-state index in [1.54, 1.807) is 49.9 Å². The zero-order chi connectivity index (χ0) is 23.8. The molecule has 33 heavy (non-hydrogen) atoms. The molecule has 3 aromatic rings. The molecule has 2 aromatic carbocycles. The van der Waals surface area contributed by atoms with Gasteiger partial charge in [0.2, 0.25) is 0 Å². The van der Waals surface area contributed by atoms with Gasteiger partial charge in [0.1, 0.15) is 22.9 Å². The molecular weight excluding hydrogens is 443 g/mol. The van der Waals surface area contributed by atoms with E-state index in [-0.39, 0.29) is 11.8 Å². The minimum atomic E-state index is -1.07. The highest BCUT2D eigenvalue weighted by Crippen LogP contribution is 2.42. The molecule has 0 spiro atoms. The average Bonchev–Trinajstić information content (AvgIpc) is 3.46. The summed E-state index contributed by atoms with van der Waals surface area (Å²) in [5, 5.41) is 14.0. The number of hydrogen-bond donors (Lipinski definition) is 2. The van der Waals surface area contributed by atoms with Crippen LogP contribution in [0.2, 0.25) is 0 Å². The molecule has 1 atom stereocenters. The summed E-state index contributed by atoms with van der Waals surface area (Å²) in [5.74, 6) is 0.207. The maximum Gasteiger partial charge on any atom is 0.321 e. The summed E-state index contributed by atoms with van der Waals surface area (Å²) >= 11 is 1.26. The first-order valence-electron chi connectivity index (χ1n) is 10.6. The Morgan fingerprint density at radius 3 is 2.73 bits per heavy atom. The van der Waals surface area contributed by atoms with Gasteiger partial charge >= 0.3 is 6.03 Å². The number of aryl methyl sites for hydroxylation is 1. The van der Waals surface area contributed by atoms with E-state index in [1.807, 2.05) is 6.07 Å². The molecule has 174 valence electrons. The van der Waals surface area contributed by atoms with Crippen molar-refractivity contribution in [2.45, 2.75) is 38.2 Å². The second-order valence-electron chi connectivity index (χ2n) is 8.87. The fraction of sp³-hybridized carbons (Fsp3) is 0.375. The average molecular weight is 471 g/mol. The maximum atomic E-state index is 14.4. The molecule has 0 radical (unpaired) electrons. The fourth-order valence-electron chi connectivity index (χ4n) is 4.17. The van der Waals surface area contributed by atoms with Crippen LogP contribution in [0.5, 0.6) is 5.75 Å². The molecule has 0 aliphatic carbocycles. The number of benzene rings is 2.